The van der Waals surface area contributed by atoms with Crippen LogP contribution in [0, 0.1) is 0 Å². The average Bonchev–Trinajstić information content (AvgIpc) is 2.46. The van der Waals surface area contributed by atoms with Gasteiger partial charge in [0.15, 0.2) is 0 Å². The van der Waals surface area contributed by atoms with Crippen molar-refractivity contribution in [1.29, 1.82) is 0 Å². The summed E-state index contributed by atoms with van der Waals surface area (Å²) in [6.45, 7) is 3.05. The van der Waals surface area contributed by atoms with Crippen LogP contribution in [0.1, 0.15) is 22.3 Å². The Hall–Kier alpha value is -1.36. The molecule has 0 aromatic heterocycles. The number of amides is 1. The first-order valence-electron chi connectivity index (χ1n) is 6.54. The first-order valence-corrected chi connectivity index (χ1v) is 6.54. The predicted octanol–water partition coefficient (Wildman–Crippen LogP) is 1.90. The summed E-state index contributed by atoms with van der Waals surface area (Å²) in [5, 5.41) is 6.21. The third-order valence-corrected chi connectivity index (χ3v) is 3.13. The van der Waals surface area contributed by atoms with Gasteiger partial charge in [-0.05, 0) is 30.7 Å². The van der Waals surface area contributed by atoms with Crippen LogP contribution in [0.25, 0.3) is 0 Å². The van der Waals surface area contributed by atoms with E-state index in [-0.39, 0.29) is 18.3 Å². The number of rotatable bonds is 5. The Balaban J connectivity index is 0.00000200. The molecule has 2 N–H and O–H groups in total. The molecule has 0 spiro atoms. The molecule has 1 aliphatic heterocycles. The van der Waals surface area contributed by atoms with E-state index in [1.807, 2.05) is 24.3 Å². The molecule has 20 heavy (non-hydrogen) atoms. The molecule has 2 rings (SSSR count). The zero-order valence-corrected chi connectivity index (χ0v) is 12.5. The zero-order valence-electron chi connectivity index (χ0n) is 11.6. The lowest BCUT2D eigenvalue weighted by atomic mass is 10.1. The second-order valence-corrected chi connectivity index (χ2v) is 4.63. The highest BCUT2D eigenvalue weighted by atomic mass is 35.5. The van der Waals surface area contributed by atoms with E-state index in [0.717, 1.165) is 25.1 Å². The second-order valence-electron chi connectivity index (χ2n) is 4.63. The molecule has 110 valence electrons. The lowest BCUT2D eigenvalue weighted by Crippen LogP contribution is -2.29. The number of hydrogen-bond acceptors (Lipinski definition) is 3. The average molecular weight is 297 g/mol. The van der Waals surface area contributed by atoms with E-state index < -0.39 is 0 Å². The fraction of sp³-hybridized carbons (Fsp3) is 0.400. The molecular formula is C15H21ClN2O2. The molecular weight excluding hydrogens is 276 g/mol. The van der Waals surface area contributed by atoms with Crippen molar-refractivity contribution >= 4 is 18.3 Å². The van der Waals surface area contributed by atoms with Crippen LogP contribution in [-0.4, -0.2) is 32.7 Å². The number of methoxy groups -OCH3 is 1. The van der Waals surface area contributed by atoms with Crippen molar-refractivity contribution in [3.8, 4) is 0 Å². The van der Waals surface area contributed by atoms with Gasteiger partial charge in [-0.2, -0.15) is 0 Å². The van der Waals surface area contributed by atoms with Gasteiger partial charge < -0.3 is 15.4 Å². The summed E-state index contributed by atoms with van der Waals surface area (Å²) >= 11 is 0. The van der Waals surface area contributed by atoms with Crippen LogP contribution in [-0.2, 0) is 11.3 Å². The molecule has 5 heteroatoms. The minimum Gasteiger partial charge on any atom is -0.380 e. The van der Waals surface area contributed by atoms with Crippen LogP contribution in [0.15, 0.2) is 35.9 Å². The summed E-state index contributed by atoms with van der Waals surface area (Å²) in [6.07, 6.45) is 3.15. The van der Waals surface area contributed by atoms with Crippen molar-refractivity contribution in [3.63, 3.8) is 0 Å². The molecule has 4 nitrogen and oxygen atoms in total. The van der Waals surface area contributed by atoms with Gasteiger partial charge in [0.2, 0.25) is 0 Å². The maximum atomic E-state index is 12.0. The molecule has 1 aliphatic rings. The van der Waals surface area contributed by atoms with Crippen LogP contribution in [0.5, 0.6) is 0 Å². The number of halogens is 1. The number of benzene rings is 1. The maximum Gasteiger partial charge on any atom is 0.251 e. The van der Waals surface area contributed by atoms with Crippen molar-refractivity contribution in [2.45, 2.75) is 13.0 Å². The molecule has 0 aliphatic carbocycles. The van der Waals surface area contributed by atoms with E-state index in [4.69, 9.17) is 4.74 Å². The molecule has 1 aromatic rings. The Morgan fingerprint density at radius 1 is 1.45 bits per heavy atom. The number of carbonyl (C=O) groups is 1. The predicted molar refractivity (Wildman–Crippen MR) is 82.3 cm³/mol. The van der Waals surface area contributed by atoms with E-state index in [2.05, 4.69) is 16.7 Å². The molecule has 0 saturated heterocycles. The number of carbonyl (C=O) groups excluding carboxylic acids is 1. The molecule has 0 saturated carbocycles. The molecule has 1 amide bonds. The second kappa shape index (κ2) is 8.74. The van der Waals surface area contributed by atoms with Gasteiger partial charge >= 0.3 is 0 Å². The maximum absolute atomic E-state index is 12.0. The minimum atomic E-state index is -0.0302. The van der Waals surface area contributed by atoms with Crippen LogP contribution in [0.3, 0.4) is 0 Å². The van der Waals surface area contributed by atoms with Gasteiger partial charge in [0.05, 0.1) is 6.61 Å². The first kappa shape index (κ1) is 16.7. The third kappa shape index (κ3) is 4.96. The molecule has 1 heterocycles. The summed E-state index contributed by atoms with van der Waals surface area (Å²) in [5.74, 6) is -0.0302. The Morgan fingerprint density at radius 2 is 2.30 bits per heavy atom. The molecule has 0 radical (unpaired) electrons. The Bertz CT molecular complexity index is 475. The standard InChI is InChI=1S/C15H20N2O2.ClH/c1-19-11-13-3-2-4-14(9-13)15(18)17-10-12-5-7-16-8-6-12;/h2-5,9,16H,6-8,10-11H2,1H3,(H,17,18);1H. The van der Waals surface area contributed by atoms with Crippen LogP contribution < -0.4 is 10.6 Å². The fourth-order valence-electron chi connectivity index (χ4n) is 2.10. The van der Waals surface area contributed by atoms with Gasteiger partial charge in [-0.3, -0.25) is 4.79 Å². The molecule has 0 unspecified atom stereocenters. The van der Waals surface area contributed by atoms with Gasteiger partial charge in [0.1, 0.15) is 0 Å². The van der Waals surface area contributed by atoms with E-state index >= 15 is 0 Å². The van der Waals surface area contributed by atoms with E-state index in [0.29, 0.717) is 18.7 Å². The summed E-state index contributed by atoms with van der Waals surface area (Å²) in [5.41, 5.74) is 2.99. The largest absolute Gasteiger partial charge is 0.380 e. The molecule has 0 bridgehead atoms. The SMILES string of the molecule is COCc1cccc(C(=O)NCC2=CCNCC2)c1.Cl. The van der Waals surface area contributed by atoms with Crippen molar-refractivity contribution in [2.75, 3.05) is 26.7 Å². The molecule has 0 fully saturated rings. The van der Waals surface area contributed by atoms with Gasteiger partial charge in [-0.25, -0.2) is 0 Å². The van der Waals surface area contributed by atoms with Gasteiger partial charge in [-0.1, -0.05) is 23.8 Å². The van der Waals surface area contributed by atoms with Crippen LogP contribution in [0.2, 0.25) is 0 Å². The van der Waals surface area contributed by atoms with Crippen molar-refractivity contribution in [3.05, 3.63) is 47.0 Å². The van der Waals surface area contributed by atoms with Crippen LogP contribution >= 0.6 is 12.4 Å². The summed E-state index contributed by atoms with van der Waals surface area (Å²) in [7, 11) is 1.65. The van der Waals surface area contributed by atoms with E-state index in [9.17, 15) is 4.79 Å². The lowest BCUT2D eigenvalue weighted by molar-refractivity contribution is 0.0956. The highest BCUT2D eigenvalue weighted by Crippen LogP contribution is 2.07. The van der Waals surface area contributed by atoms with Gasteiger partial charge in [0.25, 0.3) is 5.91 Å². The van der Waals surface area contributed by atoms with Crippen molar-refractivity contribution in [2.24, 2.45) is 0 Å². The third-order valence-electron chi connectivity index (χ3n) is 3.13. The molecule has 0 atom stereocenters. The zero-order chi connectivity index (χ0) is 13.5. The highest BCUT2D eigenvalue weighted by Gasteiger charge is 2.08. The van der Waals surface area contributed by atoms with Gasteiger partial charge in [0, 0.05) is 25.8 Å². The smallest absolute Gasteiger partial charge is 0.251 e. The normalized spacial score (nSPS) is 14.2. The van der Waals surface area contributed by atoms with Crippen molar-refractivity contribution < 1.29 is 9.53 Å². The summed E-state index contributed by atoms with van der Waals surface area (Å²) in [6, 6.07) is 7.53. The van der Waals surface area contributed by atoms with Crippen molar-refractivity contribution in [1.82, 2.24) is 10.6 Å². The Morgan fingerprint density at radius 3 is 3.00 bits per heavy atom. The Labute approximate surface area is 126 Å². The van der Waals surface area contributed by atoms with Crippen LogP contribution in [0.4, 0.5) is 0 Å². The topological polar surface area (TPSA) is 50.4 Å². The molecule has 1 aromatic carbocycles. The number of hydrogen-bond donors (Lipinski definition) is 2. The van der Waals surface area contributed by atoms with Gasteiger partial charge in [-0.15, -0.1) is 12.4 Å². The number of nitrogens with one attached hydrogen (secondary N) is 2. The quantitative estimate of drug-likeness (QED) is 0.816. The summed E-state index contributed by atoms with van der Waals surface area (Å²) in [4.78, 5) is 12.0. The number of ether oxygens (including phenoxy) is 1. The van der Waals surface area contributed by atoms with E-state index in [1.165, 1.54) is 5.57 Å². The highest BCUT2D eigenvalue weighted by molar-refractivity contribution is 5.94. The monoisotopic (exact) mass is 296 g/mol. The summed E-state index contributed by atoms with van der Waals surface area (Å²) < 4.78 is 5.07. The van der Waals surface area contributed by atoms with E-state index in [1.54, 1.807) is 7.11 Å². The minimum absolute atomic E-state index is 0. The Kier molecular flexibility index (Phi) is 7.30. The fourth-order valence-corrected chi connectivity index (χ4v) is 2.10. The first-order chi connectivity index (χ1) is 9.29. The lowest BCUT2D eigenvalue weighted by Gasteiger charge is -2.14.